The van der Waals surface area contributed by atoms with Gasteiger partial charge < -0.3 is 4.90 Å². The van der Waals surface area contributed by atoms with Gasteiger partial charge in [0.05, 0.1) is 5.69 Å². The number of benzene rings is 8. The van der Waals surface area contributed by atoms with Crippen molar-refractivity contribution in [1.82, 2.24) is 0 Å². The van der Waals surface area contributed by atoms with Crippen LogP contribution >= 0.6 is 11.3 Å². The summed E-state index contributed by atoms with van der Waals surface area (Å²) in [5.41, 5.74) is 19.1. The van der Waals surface area contributed by atoms with E-state index in [1.54, 1.807) is 0 Å². The summed E-state index contributed by atoms with van der Waals surface area (Å²) in [5, 5.41) is 2.65. The number of anilines is 3. The molecule has 9 aromatic rings. The van der Waals surface area contributed by atoms with Gasteiger partial charge in [-0.25, -0.2) is 0 Å². The molecule has 0 unspecified atom stereocenters. The summed E-state index contributed by atoms with van der Waals surface area (Å²) in [6, 6.07) is 65.7. The van der Waals surface area contributed by atoms with E-state index in [-0.39, 0.29) is 10.8 Å². The van der Waals surface area contributed by atoms with Crippen molar-refractivity contribution in [3.05, 3.63) is 198 Å². The first-order valence-electron chi connectivity index (χ1n) is 19.7. The Morgan fingerprint density at radius 1 is 0.393 bits per heavy atom. The Morgan fingerprint density at radius 3 is 1.82 bits per heavy atom. The summed E-state index contributed by atoms with van der Waals surface area (Å²) in [6.07, 6.45) is 0. The number of nitrogens with zero attached hydrogens (tertiary/aromatic N) is 1. The second-order valence-electron chi connectivity index (χ2n) is 16.5. The molecule has 0 N–H and O–H groups in total. The Labute approximate surface area is 333 Å². The average molecular weight is 736 g/mol. The molecule has 0 fully saturated rings. The van der Waals surface area contributed by atoms with Crippen molar-refractivity contribution in [3.63, 3.8) is 0 Å². The van der Waals surface area contributed by atoms with Crippen molar-refractivity contribution in [2.75, 3.05) is 4.90 Å². The Morgan fingerprint density at radius 2 is 0.982 bits per heavy atom. The van der Waals surface area contributed by atoms with Crippen LogP contribution in [0.15, 0.2) is 176 Å². The van der Waals surface area contributed by atoms with Crippen molar-refractivity contribution in [3.8, 4) is 44.5 Å². The molecular weight excluding hydrogens is 695 g/mol. The smallest absolute Gasteiger partial charge is 0.0543 e. The summed E-state index contributed by atoms with van der Waals surface area (Å²) in [6.45, 7) is 9.45. The monoisotopic (exact) mass is 735 g/mol. The fourth-order valence-corrected chi connectivity index (χ4v) is 11.1. The summed E-state index contributed by atoms with van der Waals surface area (Å²) >= 11 is 1.89. The lowest BCUT2D eigenvalue weighted by molar-refractivity contribution is 0.660. The van der Waals surface area contributed by atoms with Gasteiger partial charge in [0.25, 0.3) is 0 Å². The maximum atomic E-state index is 2.48. The van der Waals surface area contributed by atoms with E-state index in [9.17, 15) is 0 Å². The predicted molar refractivity (Wildman–Crippen MR) is 240 cm³/mol. The van der Waals surface area contributed by atoms with Crippen LogP contribution in [0.1, 0.15) is 49.9 Å². The van der Waals surface area contributed by atoms with Gasteiger partial charge in [-0.05, 0) is 104 Å². The van der Waals surface area contributed by atoms with Gasteiger partial charge in [0.1, 0.15) is 0 Å². The second-order valence-corrected chi connectivity index (χ2v) is 17.6. The zero-order chi connectivity index (χ0) is 37.8. The SMILES string of the molecule is CC1(C)c2ccccc2-c2ccc(-c3cccc(N(c4ccc(-c5cccc6c5sc5ccccc56)cc4)c4cccc5c4-c4ccccc4C5(C)C)c3)cc21. The number of hydrogen-bond acceptors (Lipinski definition) is 2. The van der Waals surface area contributed by atoms with Crippen LogP contribution in [-0.2, 0) is 10.8 Å². The van der Waals surface area contributed by atoms with Crippen LogP contribution in [0, 0.1) is 0 Å². The minimum Gasteiger partial charge on any atom is -0.310 e. The minimum atomic E-state index is -0.100. The van der Waals surface area contributed by atoms with Crippen molar-refractivity contribution >= 4 is 48.6 Å². The second kappa shape index (κ2) is 12.1. The van der Waals surface area contributed by atoms with E-state index in [0.717, 1.165) is 11.4 Å². The molecule has 268 valence electrons. The van der Waals surface area contributed by atoms with Gasteiger partial charge in [0, 0.05) is 47.9 Å². The normalized spacial score (nSPS) is 14.4. The van der Waals surface area contributed by atoms with Crippen molar-refractivity contribution in [1.29, 1.82) is 0 Å². The molecule has 0 aliphatic heterocycles. The summed E-state index contributed by atoms with van der Waals surface area (Å²) in [4.78, 5) is 2.48. The topological polar surface area (TPSA) is 3.24 Å². The van der Waals surface area contributed by atoms with Gasteiger partial charge in [-0.15, -0.1) is 11.3 Å². The van der Waals surface area contributed by atoms with E-state index in [1.165, 1.54) is 92.6 Å². The highest BCUT2D eigenvalue weighted by molar-refractivity contribution is 7.26. The number of fused-ring (bicyclic) bond motifs is 9. The zero-order valence-corrected chi connectivity index (χ0v) is 32.9. The molecule has 1 heterocycles. The first kappa shape index (κ1) is 33.1. The Kier molecular flexibility index (Phi) is 7.18. The average Bonchev–Trinajstić information content (AvgIpc) is 3.81. The molecular formula is C54H41NS. The van der Waals surface area contributed by atoms with Crippen molar-refractivity contribution in [2.24, 2.45) is 0 Å². The van der Waals surface area contributed by atoms with Crippen LogP contribution in [-0.4, -0.2) is 0 Å². The summed E-state index contributed by atoms with van der Waals surface area (Å²) in [7, 11) is 0. The molecule has 1 nitrogen and oxygen atoms in total. The van der Waals surface area contributed by atoms with Crippen LogP contribution in [0.4, 0.5) is 17.1 Å². The third-order valence-electron chi connectivity index (χ3n) is 12.7. The summed E-state index contributed by atoms with van der Waals surface area (Å²) < 4.78 is 2.67. The molecule has 0 bridgehead atoms. The molecule has 0 atom stereocenters. The van der Waals surface area contributed by atoms with Gasteiger partial charge in [0.2, 0.25) is 0 Å². The third kappa shape index (κ3) is 4.79. The fourth-order valence-electron chi connectivity index (χ4n) is 9.82. The van der Waals surface area contributed by atoms with Gasteiger partial charge >= 0.3 is 0 Å². The van der Waals surface area contributed by atoms with Gasteiger partial charge in [-0.1, -0.05) is 161 Å². The predicted octanol–water partition coefficient (Wildman–Crippen LogP) is 15.5. The van der Waals surface area contributed by atoms with Crippen LogP contribution in [0.3, 0.4) is 0 Å². The zero-order valence-electron chi connectivity index (χ0n) is 32.1. The van der Waals surface area contributed by atoms with E-state index in [4.69, 9.17) is 0 Å². The molecule has 2 aliphatic rings. The van der Waals surface area contributed by atoms with Crippen LogP contribution < -0.4 is 4.90 Å². The van der Waals surface area contributed by atoms with Crippen LogP contribution in [0.2, 0.25) is 0 Å². The lowest BCUT2D eigenvalue weighted by atomic mass is 9.81. The quantitative estimate of drug-likeness (QED) is 0.170. The highest BCUT2D eigenvalue weighted by Gasteiger charge is 2.38. The number of rotatable bonds is 5. The first-order chi connectivity index (χ1) is 27.3. The van der Waals surface area contributed by atoms with Gasteiger partial charge in [-0.2, -0.15) is 0 Å². The van der Waals surface area contributed by atoms with Crippen molar-refractivity contribution < 1.29 is 0 Å². The lowest BCUT2D eigenvalue weighted by Crippen LogP contribution is -2.16. The Hall–Kier alpha value is -6.22. The maximum absolute atomic E-state index is 2.48. The standard InChI is InChI=1S/C54H41NS/c1-53(2)46-22-9-6-18-44(46)51-47(53)23-13-24-49(51)55(37-29-26-34(27-30-37)39-19-12-20-43-42-17-7-10-25-50(42)56-52(39)43)38-15-11-14-35(32-38)36-28-31-41-40-16-5-8-21-45(40)54(3,4)48(41)33-36/h5-33H,1-4H3. The largest absolute Gasteiger partial charge is 0.310 e. The first-order valence-corrected chi connectivity index (χ1v) is 20.5. The highest BCUT2D eigenvalue weighted by atomic mass is 32.1. The molecule has 0 spiro atoms. The molecule has 0 saturated carbocycles. The molecule has 11 rings (SSSR count). The molecule has 2 heteroatoms. The van der Waals surface area contributed by atoms with E-state index in [1.807, 2.05) is 11.3 Å². The minimum absolute atomic E-state index is 0.0573. The maximum Gasteiger partial charge on any atom is 0.0543 e. The number of hydrogen-bond donors (Lipinski definition) is 0. The van der Waals surface area contributed by atoms with E-state index >= 15 is 0 Å². The van der Waals surface area contributed by atoms with E-state index < -0.39 is 0 Å². The molecule has 2 aliphatic carbocycles. The fraction of sp³-hybridized carbons (Fsp3) is 0.111. The van der Waals surface area contributed by atoms with Gasteiger partial charge in [-0.3, -0.25) is 0 Å². The Balaban J connectivity index is 1.07. The molecule has 0 amide bonds. The molecule has 0 radical (unpaired) electrons. The van der Waals surface area contributed by atoms with Crippen molar-refractivity contribution in [2.45, 2.75) is 38.5 Å². The molecule has 56 heavy (non-hydrogen) atoms. The lowest BCUT2D eigenvalue weighted by Gasteiger charge is -2.29. The molecule has 8 aromatic carbocycles. The van der Waals surface area contributed by atoms with Crippen LogP contribution in [0.5, 0.6) is 0 Å². The Bertz CT molecular complexity index is 3030. The van der Waals surface area contributed by atoms with Gasteiger partial charge in [0.15, 0.2) is 0 Å². The van der Waals surface area contributed by atoms with E-state index in [2.05, 4.69) is 209 Å². The van der Waals surface area contributed by atoms with E-state index in [0.29, 0.717) is 0 Å². The molecule has 1 aromatic heterocycles. The van der Waals surface area contributed by atoms with Crippen LogP contribution in [0.25, 0.3) is 64.7 Å². The summed E-state index contributed by atoms with van der Waals surface area (Å²) in [5.74, 6) is 0. The highest BCUT2D eigenvalue weighted by Crippen LogP contribution is 2.55. The third-order valence-corrected chi connectivity index (χ3v) is 13.9. The number of thiophene rings is 1. The molecule has 0 saturated heterocycles.